The topological polar surface area (TPSA) is 6.48 Å². The SMILES string of the molecule is CCc1ccccc1-c1ccc(N(c2ccc(-c3ccccc3)cc2)c2ccc(-c3ccc(N(c4ccc(-c5ccccc5)cc4)c4ccc5c(c4)C(C)(C)c4ccccc4-5)cc3)cc2)cc1CC. The molecule has 0 amide bonds. The first-order valence-electron chi connectivity index (χ1n) is 24.5. The molecule has 0 heterocycles. The molecular weight excluding hydrogens is 833 g/mol. The van der Waals surface area contributed by atoms with Crippen molar-refractivity contribution in [3.8, 4) is 55.6 Å². The van der Waals surface area contributed by atoms with E-state index >= 15 is 0 Å². The summed E-state index contributed by atoms with van der Waals surface area (Å²) in [5.74, 6) is 0. The van der Waals surface area contributed by atoms with Gasteiger partial charge >= 0.3 is 0 Å². The summed E-state index contributed by atoms with van der Waals surface area (Å²) in [6.07, 6.45) is 1.94. The van der Waals surface area contributed by atoms with Crippen LogP contribution in [0.3, 0.4) is 0 Å². The van der Waals surface area contributed by atoms with E-state index in [1.54, 1.807) is 0 Å². The molecule has 0 N–H and O–H groups in total. The van der Waals surface area contributed by atoms with Gasteiger partial charge in [0.25, 0.3) is 0 Å². The molecule has 0 aliphatic heterocycles. The van der Waals surface area contributed by atoms with E-state index in [0.29, 0.717) is 0 Å². The minimum absolute atomic E-state index is 0.107. The molecule has 0 radical (unpaired) electrons. The fourth-order valence-electron chi connectivity index (χ4n) is 10.6. The van der Waals surface area contributed by atoms with Crippen molar-refractivity contribution >= 4 is 34.1 Å². The van der Waals surface area contributed by atoms with E-state index in [1.807, 2.05) is 0 Å². The molecule has 2 nitrogen and oxygen atoms in total. The molecule has 0 saturated heterocycles. The van der Waals surface area contributed by atoms with Crippen LogP contribution in [0.4, 0.5) is 34.1 Å². The maximum absolute atomic E-state index is 2.41. The van der Waals surface area contributed by atoms with Crippen LogP contribution in [-0.4, -0.2) is 0 Å². The summed E-state index contributed by atoms with van der Waals surface area (Å²) in [6, 6.07) is 89.1. The molecular formula is C67H56N2. The van der Waals surface area contributed by atoms with Crippen molar-refractivity contribution < 1.29 is 0 Å². The first kappa shape index (κ1) is 43.4. The Balaban J connectivity index is 0.944. The Hall–Kier alpha value is -8.20. The predicted molar refractivity (Wildman–Crippen MR) is 294 cm³/mol. The largest absolute Gasteiger partial charge is 0.310 e. The molecule has 2 heteroatoms. The van der Waals surface area contributed by atoms with Crippen molar-refractivity contribution in [1.29, 1.82) is 0 Å². The lowest BCUT2D eigenvalue weighted by Gasteiger charge is -2.28. The van der Waals surface area contributed by atoms with Crippen LogP contribution in [0.2, 0.25) is 0 Å². The molecule has 0 bridgehead atoms. The van der Waals surface area contributed by atoms with Crippen LogP contribution >= 0.6 is 0 Å². The average molecular weight is 889 g/mol. The molecule has 1 aliphatic rings. The summed E-state index contributed by atoms with van der Waals surface area (Å²) in [5.41, 5.74) is 24.5. The number of benzene rings is 10. The zero-order valence-corrected chi connectivity index (χ0v) is 39.9. The van der Waals surface area contributed by atoms with Gasteiger partial charge in [0.2, 0.25) is 0 Å². The smallest absolute Gasteiger partial charge is 0.0465 e. The molecule has 11 rings (SSSR count). The summed E-state index contributed by atoms with van der Waals surface area (Å²) in [5, 5.41) is 0. The number of fused-ring (bicyclic) bond motifs is 3. The first-order chi connectivity index (χ1) is 33.9. The van der Waals surface area contributed by atoms with Crippen molar-refractivity contribution in [1.82, 2.24) is 0 Å². The Morgan fingerprint density at radius 3 is 1.07 bits per heavy atom. The zero-order valence-electron chi connectivity index (χ0n) is 39.9. The monoisotopic (exact) mass is 888 g/mol. The molecule has 0 aromatic heterocycles. The van der Waals surface area contributed by atoms with E-state index in [9.17, 15) is 0 Å². The molecule has 10 aromatic carbocycles. The van der Waals surface area contributed by atoms with Crippen LogP contribution in [0.5, 0.6) is 0 Å². The van der Waals surface area contributed by atoms with Gasteiger partial charge in [-0.3, -0.25) is 0 Å². The van der Waals surface area contributed by atoms with E-state index in [-0.39, 0.29) is 5.41 Å². The van der Waals surface area contributed by atoms with Crippen molar-refractivity contribution in [3.05, 3.63) is 265 Å². The van der Waals surface area contributed by atoms with Crippen LogP contribution in [0.15, 0.2) is 243 Å². The van der Waals surface area contributed by atoms with Gasteiger partial charge in [-0.15, -0.1) is 0 Å². The van der Waals surface area contributed by atoms with Crippen molar-refractivity contribution in [2.45, 2.75) is 46.0 Å². The standard InChI is InChI=1S/C67H56N2/c1-5-47-17-13-14-22-61(47)62-43-41-59(45-48(62)6-2)68(55-33-25-51(26-34-55)49-18-9-7-10-19-49)56-37-29-53(30-38-56)54-31-39-58(40-32-54)69(57-35-27-52(28-36-57)50-20-11-8-12-21-50)60-42-44-64-63-23-15-16-24-65(63)67(3,4)66(64)46-60/h7-46H,5-6H2,1-4H3. The molecule has 0 fully saturated rings. The van der Waals surface area contributed by atoms with E-state index in [4.69, 9.17) is 0 Å². The highest BCUT2D eigenvalue weighted by molar-refractivity contribution is 5.87. The van der Waals surface area contributed by atoms with E-state index in [2.05, 4.69) is 280 Å². The minimum Gasteiger partial charge on any atom is -0.310 e. The lowest BCUT2D eigenvalue weighted by Crippen LogP contribution is -2.16. The molecule has 69 heavy (non-hydrogen) atoms. The summed E-state index contributed by atoms with van der Waals surface area (Å²) in [6.45, 7) is 9.22. The van der Waals surface area contributed by atoms with Crippen LogP contribution in [0.1, 0.15) is 49.9 Å². The highest BCUT2D eigenvalue weighted by Crippen LogP contribution is 2.51. The lowest BCUT2D eigenvalue weighted by atomic mass is 9.82. The van der Waals surface area contributed by atoms with Gasteiger partial charge in [-0.1, -0.05) is 198 Å². The summed E-state index contributed by atoms with van der Waals surface area (Å²) >= 11 is 0. The third kappa shape index (κ3) is 8.23. The fraction of sp³-hybridized carbons (Fsp3) is 0.104. The van der Waals surface area contributed by atoms with Crippen molar-refractivity contribution in [2.75, 3.05) is 9.80 Å². The number of rotatable bonds is 12. The zero-order chi connectivity index (χ0) is 46.9. The highest BCUT2D eigenvalue weighted by atomic mass is 15.1. The van der Waals surface area contributed by atoms with Crippen LogP contribution < -0.4 is 9.80 Å². The fourth-order valence-corrected chi connectivity index (χ4v) is 10.6. The number of hydrogen-bond donors (Lipinski definition) is 0. The van der Waals surface area contributed by atoms with Gasteiger partial charge in [0.15, 0.2) is 0 Å². The highest BCUT2D eigenvalue weighted by Gasteiger charge is 2.35. The van der Waals surface area contributed by atoms with Gasteiger partial charge in [0.1, 0.15) is 0 Å². The Morgan fingerprint density at radius 2 is 0.609 bits per heavy atom. The second-order valence-corrected chi connectivity index (χ2v) is 18.7. The Bertz CT molecular complexity index is 3390. The van der Waals surface area contributed by atoms with Crippen molar-refractivity contribution in [3.63, 3.8) is 0 Å². The summed E-state index contributed by atoms with van der Waals surface area (Å²) < 4.78 is 0. The molecule has 0 atom stereocenters. The first-order valence-corrected chi connectivity index (χ1v) is 24.5. The second-order valence-electron chi connectivity index (χ2n) is 18.7. The maximum Gasteiger partial charge on any atom is 0.0465 e. The van der Waals surface area contributed by atoms with E-state index < -0.39 is 0 Å². The number of hydrogen-bond acceptors (Lipinski definition) is 2. The van der Waals surface area contributed by atoms with Crippen molar-refractivity contribution in [2.24, 2.45) is 0 Å². The normalized spacial score (nSPS) is 12.3. The molecule has 10 aromatic rings. The number of anilines is 6. The quantitative estimate of drug-likeness (QED) is 0.121. The Kier molecular flexibility index (Phi) is 11.6. The average Bonchev–Trinajstić information content (AvgIpc) is 3.65. The predicted octanol–water partition coefficient (Wildman–Crippen LogP) is 18.7. The molecule has 1 aliphatic carbocycles. The van der Waals surface area contributed by atoms with Crippen LogP contribution in [0.25, 0.3) is 55.6 Å². The van der Waals surface area contributed by atoms with Gasteiger partial charge in [-0.2, -0.15) is 0 Å². The van der Waals surface area contributed by atoms with Gasteiger partial charge in [-0.05, 0) is 164 Å². The van der Waals surface area contributed by atoms with E-state index in [1.165, 1.54) is 77.9 Å². The Labute approximate surface area is 408 Å². The second kappa shape index (κ2) is 18.5. The van der Waals surface area contributed by atoms with E-state index in [0.717, 1.165) is 47.0 Å². The summed E-state index contributed by atoms with van der Waals surface area (Å²) in [7, 11) is 0. The third-order valence-electron chi connectivity index (χ3n) is 14.3. The van der Waals surface area contributed by atoms with Gasteiger partial charge < -0.3 is 9.80 Å². The maximum atomic E-state index is 2.41. The lowest BCUT2D eigenvalue weighted by molar-refractivity contribution is 0.660. The molecule has 0 saturated carbocycles. The van der Waals surface area contributed by atoms with Gasteiger partial charge in [0, 0.05) is 39.5 Å². The van der Waals surface area contributed by atoms with Gasteiger partial charge in [0.05, 0.1) is 0 Å². The van der Waals surface area contributed by atoms with Crippen LogP contribution in [-0.2, 0) is 18.3 Å². The third-order valence-corrected chi connectivity index (χ3v) is 14.3. The molecule has 334 valence electrons. The molecule has 0 unspecified atom stereocenters. The molecule has 0 spiro atoms. The summed E-state index contributed by atoms with van der Waals surface area (Å²) in [4.78, 5) is 4.80. The minimum atomic E-state index is -0.107. The Morgan fingerprint density at radius 1 is 0.275 bits per heavy atom. The number of nitrogens with zero attached hydrogens (tertiary/aromatic N) is 2. The number of aryl methyl sites for hydroxylation is 2. The van der Waals surface area contributed by atoms with Crippen LogP contribution in [0, 0.1) is 0 Å². The van der Waals surface area contributed by atoms with Gasteiger partial charge in [-0.25, -0.2) is 0 Å².